The Morgan fingerprint density at radius 1 is 1.17 bits per heavy atom. The molecular weight excluding hydrogens is 386 g/mol. The molecular formula is C23H23NO6. The van der Waals surface area contributed by atoms with Crippen LogP contribution in [0.3, 0.4) is 0 Å². The van der Waals surface area contributed by atoms with Gasteiger partial charge in [0.25, 0.3) is 11.7 Å². The summed E-state index contributed by atoms with van der Waals surface area (Å²) in [6, 6.07) is 12.6. The first-order chi connectivity index (χ1) is 14.5. The molecule has 3 rings (SSSR count). The normalized spacial score (nSPS) is 17.8. The quantitative estimate of drug-likeness (QED) is 0.301. The number of carbonyl (C=O) groups is 2. The van der Waals surface area contributed by atoms with E-state index < -0.39 is 17.7 Å². The highest BCUT2D eigenvalue weighted by molar-refractivity contribution is 6.46. The molecule has 7 heteroatoms. The Bertz CT molecular complexity index is 979. The van der Waals surface area contributed by atoms with Gasteiger partial charge in [0.1, 0.15) is 23.9 Å². The zero-order valence-corrected chi connectivity index (χ0v) is 16.6. The summed E-state index contributed by atoms with van der Waals surface area (Å²) in [5, 5.41) is 20.4. The minimum Gasteiger partial charge on any atom is -0.507 e. The third-order valence-corrected chi connectivity index (χ3v) is 4.79. The maximum Gasteiger partial charge on any atom is 0.295 e. The van der Waals surface area contributed by atoms with Gasteiger partial charge in [0.05, 0.1) is 25.3 Å². The Balaban J connectivity index is 2.09. The number of rotatable bonds is 8. The average molecular weight is 409 g/mol. The van der Waals surface area contributed by atoms with Gasteiger partial charge in [-0.3, -0.25) is 9.59 Å². The summed E-state index contributed by atoms with van der Waals surface area (Å²) in [5.74, 6) is -0.746. The van der Waals surface area contributed by atoms with Gasteiger partial charge < -0.3 is 24.6 Å². The van der Waals surface area contributed by atoms with Gasteiger partial charge in [-0.05, 0) is 42.0 Å². The summed E-state index contributed by atoms with van der Waals surface area (Å²) in [6.45, 7) is 3.57. The van der Waals surface area contributed by atoms with Crippen LogP contribution in [0.25, 0.3) is 5.76 Å². The molecule has 0 aromatic heterocycles. The van der Waals surface area contributed by atoms with Gasteiger partial charge in [0.15, 0.2) is 0 Å². The van der Waals surface area contributed by atoms with Crippen molar-refractivity contribution in [3.63, 3.8) is 0 Å². The third kappa shape index (κ3) is 4.06. The lowest BCUT2D eigenvalue weighted by Gasteiger charge is -2.24. The second-order valence-electron chi connectivity index (χ2n) is 6.62. The topological polar surface area (TPSA) is 96.3 Å². The molecule has 2 aromatic carbocycles. The molecule has 0 aliphatic carbocycles. The van der Waals surface area contributed by atoms with Crippen molar-refractivity contribution in [2.75, 3.05) is 26.9 Å². The van der Waals surface area contributed by atoms with E-state index in [9.17, 15) is 19.8 Å². The van der Waals surface area contributed by atoms with Crippen LogP contribution in [0, 0.1) is 0 Å². The molecule has 0 spiro atoms. The van der Waals surface area contributed by atoms with Crippen LogP contribution in [0.2, 0.25) is 0 Å². The summed E-state index contributed by atoms with van der Waals surface area (Å²) >= 11 is 0. The van der Waals surface area contributed by atoms with Crippen LogP contribution in [-0.4, -0.2) is 53.7 Å². The largest absolute Gasteiger partial charge is 0.507 e. The molecule has 1 saturated heterocycles. The van der Waals surface area contributed by atoms with Crippen molar-refractivity contribution in [2.45, 2.75) is 6.04 Å². The molecule has 30 heavy (non-hydrogen) atoms. The number of Topliss-reactive ketones (excluding diaryl/α,β-unsaturated/α-hetero) is 1. The van der Waals surface area contributed by atoms with Crippen LogP contribution in [0.4, 0.5) is 0 Å². The lowest BCUT2D eigenvalue weighted by molar-refractivity contribution is -0.140. The van der Waals surface area contributed by atoms with E-state index in [2.05, 4.69) is 6.58 Å². The van der Waals surface area contributed by atoms with E-state index in [1.165, 1.54) is 12.0 Å². The monoisotopic (exact) mass is 409 g/mol. The van der Waals surface area contributed by atoms with E-state index in [1.54, 1.807) is 54.6 Å². The number of ketones is 1. The molecule has 7 nitrogen and oxygen atoms in total. The maximum absolute atomic E-state index is 12.8. The molecule has 1 amide bonds. The van der Waals surface area contributed by atoms with Gasteiger partial charge in [-0.2, -0.15) is 0 Å². The SMILES string of the molecule is C=CCOc1ccc(C(O)=C2C(=O)C(=O)N(CCO)C2c2cccc(OC)c2)cc1. The number of ether oxygens (including phenoxy) is 2. The number of β-amino-alcohol motifs (C(OH)–C–C–N with tert-alkyl or cyclic N) is 1. The van der Waals surface area contributed by atoms with Crippen molar-refractivity contribution in [3.05, 3.63) is 77.9 Å². The first-order valence-corrected chi connectivity index (χ1v) is 9.39. The highest BCUT2D eigenvalue weighted by Gasteiger charge is 2.45. The minimum atomic E-state index is -0.844. The first-order valence-electron chi connectivity index (χ1n) is 9.39. The van der Waals surface area contributed by atoms with E-state index in [-0.39, 0.29) is 24.5 Å². The van der Waals surface area contributed by atoms with Gasteiger partial charge in [-0.25, -0.2) is 0 Å². The number of methoxy groups -OCH3 is 1. The van der Waals surface area contributed by atoms with Crippen molar-refractivity contribution >= 4 is 17.4 Å². The fourth-order valence-electron chi connectivity index (χ4n) is 3.40. The molecule has 0 radical (unpaired) electrons. The van der Waals surface area contributed by atoms with Gasteiger partial charge in [0.2, 0.25) is 0 Å². The van der Waals surface area contributed by atoms with Crippen molar-refractivity contribution < 1.29 is 29.3 Å². The van der Waals surface area contributed by atoms with Gasteiger partial charge in [0, 0.05) is 12.1 Å². The minimum absolute atomic E-state index is 0.0403. The number of carbonyl (C=O) groups excluding carboxylic acids is 2. The fraction of sp³-hybridized carbons (Fsp3) is 0.217. The first kappa shape index (κ1) is 21.1. The fourth-order valence-corrected chi connectivity index (χ4v) is 3.40. The Morgan fingerprint density at radius 2 is 1.90 bits per heavy atom. The molecule has 1 atom stereocenters. The summed E-state index contributed by atoms with van der Waals surface area (Å²) in [6.07, 6.45) is 1.62. The van der Waals surface area contributed by atoms with Gasteiger partial charge in [-0.15, -0.1) is 0 Å². The van der Waals surface area contributed by atoms with E-state index in [0.717, 1.165) is 0 Å². The predicted octanol–water partition coefficient (Wildman–Crippen LogP) is 2.67. The van der Waals surface area contributed by atoms with Crippen molar-refractivity contribution in [1.29, 1.82) is 0 Å². The van der Waals surface area contributed by atoms with Crippen LogP contribution in [-0.2, 0) is 9.59 Å². The molecule has 1 aliphatic rings. The average Bonchev–Trinajstić information content (AvgIpc) is 3.03. The Labute approximate surface area is 174 Å². The van der Waals surface area contributed by atoms with Crippen LogP contribution in [0.1, 0.15) is 17.2 Å². The zero-order chi connectivity index (χ0) is 21.7. The van der Waals surface area contributed by atoms with Crippen molar-refractivity contribution in [1.82, 2.24) is 4.90 Å². The molecule has 0 bridgehead atoms. The number of hydrogen-bond acceptors (Lipinski definition) is 6. The van der Waals surface area contributed by atoms with Gasteiger partial charge >= 0.3 is 0 Å². The Morgan fingerprint density at radius 3 is 2.53 bits per heavy atom. The maximum atomic E-state index is 12.8. The summed E-state index contributed by atoms with van der Waals surface area (Å²) in [4.78, 5) is 26.7. The molecule has 1 aliphatic heterocycles. The van der Waals surface area contributed by atoms with Crippen LogP contribution in [0.5, 0.6) is 11.5 Å². The number of nitrogens with zero attached hydrogens (tertiary/aromatic N) is 1. The van der Waals surface area contributed by atoms with Crippen LogP contribution in [0.15, 0.2) is 66.8 Å². The molecule has 2 aromatic rings. The number of hydrogen-bond donors (Lipinski definition) is 2. The van der Waals surface area contributed by atoms with Crippen molar-refractivity contribution in [3.8, 4) is 11.5 Å². The second kappa shape index (κ2) is 9.28. The van der Waals surface area contributed by atoms with Crippen molar-refractivity contribution in [2.24, 2.45) is 0 Å². The van der Waals surface area contributed by atoms with E-state index in [0.29, 0.717) is 29.2 Å². The van der Waals surface area contributed by atoms with Crippen LogP contribution >= 0.6 is 0 Å². The highest BCUT2D eigenvalue weighted by atomic mass is 16.5. The zero-order valence-electron chi connectivity index (χ0n) is 16.6. The predicted molar refractivity (Wildman–Crippen MR) is 111 cm³/mol. The molecule has 156 valence electrons. The molecule has 2 N–H and O–H groups in total. The number of amides is 1. The molecule has 0 saturated carbocycles. The lowest BCUT2D eigenvalue weighted by Crippen LogP contribution is -2.32. The second-order valence-corrected chi connectivity index (χ2v) is 6.62. The summed E-state index contributed by atoms with van der Waals surface area (Å²) in [7, 11) is 1.51. The number of benzene rings is 2. The lowest BCUT2D eigenvalue weighted by atomic mass is 9.95. The number of aliphatic hydroxyl groups is 2. The van der Waals surface area contributed by atoms with E-state index in [4.69, 9.17) is 9.47 Å². The summed E-state index contributed by atoms with van der Waals surface area (Å²) in [5.41, 5.74) is 0.923. The summed E-state index contributed by atoms with van der Waals surface area (Å²) < 4.78 is 10.7. The molecule has 1 fully saturated rings. The van der Waals surface area contributed by atoms with Gasteiger partial charge in [-0.1, -0.05) is 24.8 Å². The Kier molecular flexibility index (Phi) is 6.54. The highest BCUT2D eigenvalue weighted by Crippen LogP contribution is 2.40. The third-order valence-electron chi connectivity index (χ3n) is 4.79. The number of likely N-dealkylation sites (tertiary alicyclic amines) is 1. The standard InChI is InChI=1S/C23H23NO6/c1-3-13-30-17-9-7-15(8-10-17)21(26)19-20(16-5-4-6-18(14-16)29-2)24(11-12-25)23(28)22(19)27/h3-10,14,20,25-26H,1,11-13H2,2H3. The van der Waals surface area contributed by atoms with E-state index in [1.807, 2.05) is 0 Å². The molecule has 1 unspecified atom stereocenters. The Hall–Kier alpha value is -3.58. The number of aliphatic hydroxyl groups excluding tert-OH is 2. The van der Waals surface area contributed by atoms with E-state index >= 15 is 0 Å². The van der Waals surface area contributed by atoms with Crippen LogP contribution < -0.4 is 9.47 Å². The molecule has 1 heterocycles. The smallest absolute Gasteiger partial charge is 0.295 e.